The van der Waals surface area contributed by atoms with E-state index < -0.39 is 0 Å². The van der Waals surface area contributed by atoms with Crippen LogP contribution in [0.2, 0.25) is 0 Å². The molecule has 0 radical (unpaired) electrons. The summed E-state index contributed by atoms with van der Waals surface area (Å²) in [7, 11) is 0. The number of hydrogen-bond acceptors (Lipinski definition) is 4. The van der Waals surface area contributed by atoms with Crippen LogP contribution >= 0.6 is 0 Å². The van der Waals surface area contributed by atoms with Crippen LogP contribution in [0.4, 0.5) is 10.1 Å². The highest BCUT2D eigenvalue weighted by atomic mass is 18.2. The van der Waals surface area contributed by atoms with E-state index in [9.17, 15) is 9.18 Å². The third-order valence-electron chi connectivity index (χ3n) is 4.35. The highest BCUT2D eigenvalue weighted by Gasteiger charge is 2.19. The summed E-state index contributed by atoms with van der Waals surface area (Å²) in [6.07, 6.45) is 3.22. The molecule has 0 bridgehead atoms. The van der Waals surface area contributed by atoms with Gasteiger partial charge in [0.15, 0.2) is 0 Å². The van der Waals surface area contributed by atoms with Gasteiger partial charge in [-0.15, -0.1) is 0 Å². The van der Waals surface area contributed by atoms with E-state index in [4.69, 9.17) is 10.2 Å². The fourth-order valence-electron chi connectivity index (χ4n) is 3.38. The van der Waals surface area contributed by atoms with E-state index in [1.807, 2.05) is 13.0 Å². The molecule has 23 heavy (non-hydrogen) atoms. The van der Waals surface area contributed by atoms with Crippen LogP contribution in [0, 0.1) is 0 Å². The predicted molar refractivity (Wildman–Crippen MR) is 91.0 cm³/mol. The Labute approximate surface area is 135 Å². The normalized spacial score (nSPS) is 15.7. The zero-order valence-corrected chi connectivity index (χ0v) is 13.5. The van der Waals surface area contributed by atoms with E-state index >= 15 is 0 Å². The first-order valence-corrected chi connectivity index (χ1v) is 8.24. The number of fused-ring (bicyclic) bond motifs is 2. The largest absolute Gasteiger partial charge is 0.423 e. The molecule has 1 aromatic carbocycles. The number of anilines is 1. The zero-order chi connectivity index (χ0) is 16.4. The van der Waals surface area contributed by atoms with Crippen LogP contribution in [0.15, 0.2) is 27.4 Å². The number of rotatable bonds is 5. The van der Waals surface area contributed by atoms with Gasteiger partial charge in [-0.2, -0.15) is 0 Å². The molecular weight excluding hydrogens is 294 g/mol. The highest BCUT2D eigenvalue weighted by Crippen LogP contribution is 2.32. The molecule has 0 spiro atoms. The molecule has 0 saturated heterocycles. The van der Waals surface area contributed by atoms with E-state index in [2.05, 4.69) is 11.0 Å². The predicted octanol–water partition coefficient (Wildman–Crippen LogP) is 2.79. The van der Waals surface area contributed by atoms with Crippen LogP contribution in [0.5, 0.6) is 0 Å². The third-order valence-corrected chi connectivity index (χ3v) is 4.35. The number of nitrogens with two attached hydrogens (primary N) is 1. The molecule has 1 aromatic heterocycles. The summed E-state index contributed by atoms with van der Waals surface area (Å²) < 4.78 is 17.9. The van der Waals surface area contributed by atoms with E-state index in [0.29, 0.717) is 25.0 Å². The number of aryl methyl sites for hydroxylation is 1. The summed E-state index contributed by atoms with van der Waals surface area (Å²) in [6.45, 7) is 3.23. The minimum Gasteiger partial charge on any atom is -0.423 e. The Balaban J connectivity index is 2.09. The van der Waals surface area contributed by atoms with Crippen LogP contribution in [0.25, 0.3) is 11.0 Å². The third kappa shape index (κ3) is 3.39. The van der Waals surface area contributed by atoms with Gasteiger partial charge in [0.2, 0.25) is 0 Å². The molecule has 2 N–H and O–H groups in total. The van der Waals surface area contributed by atoms with Crippen LogP contribution in [0.3, 0.4) is 0 Å². The Kier molecular flexibility index (Phi) is 4.66. The van der Waals surface area contributed by atoms with Gasteiger partial charge in [0.1, 0.15) is 5.58 Å². The lowest BCUT2D eigenvalue weighted by molar-refractivity contribution is 0.468. The maximum Gasteiger partial charge on any atom is 0.336 e. The van der Waals surface area contributed by atoms with Gasteiger partial charge in [-0.3, -0.25) is 4.39 Å². The molecule has 1 unspecified atom stereocenters. The molecular formula is C18H23FN2O2. The Morgan fingerprint density at radius 1 is 1.39 bits per heavy atom. The molecule has 2 aromatic rings. The summed E-state index contributed by atoms with van der Waals surface area (Å²) in [5.74, 6) is 0. The van der Waals surface area contributed by atoms with Crippen LogP contribution in [-0.2, 0) is 12.8 Å². The van der Waals surface area contributed by atoms with E-state index in [0.717, 1.165) is 36.0 Å². The van der Waals surface area contributed by atoms with Gasteiger partial charge in [0.25, 0.3) is 0 Å². The van der Waals surface area contributed by atoms with E-state index in [1.165, 1.54) is 5.56 Å². The maximum atomic E-state index is 12.5. The first-order valence-electron chi connectivity index (χ1n) is 8.24. The second-order valence-corrected chi connectivity index (χ2v) is 6.38. The smallest absolute Gasteiger partial charge is 0.336 e. The lowest BCUT2D eigenvalue weighted by atomic mass is 9.96. The Morgan fingerprint density at radius 2 is 2.22 bits per heavy atom. The van der Waals surface area contributed by atoms with Crippen LogP contribution in [0.1, 0.15) is 30.9 Å². The molecule has 1 atom stereocenters. The number of hydrogen-bond donors (Lipinski definition) is 1. The minimum absolute atomic E-state index is 0.0166. The molecule has 2 heterocycles. The number of nitrogens with zero attached hydrogens (tertiary/aromatic N) is 1. The first kappa shape index (κ1) is 16.0. The summed E-state index contributed by atoms with van der Waals surface area (Å²) in [4.78, 5) is 14.0. The quantitative estimate of drug-likeness (QED) is 0.862. The molecule has 5 heteroatoms. The standard InChI is InChI=1S/C18H23FN2O2/c1-12(20)8-14-10-18(22)23-17-11-16-13(9-15(14)17)4-2-6-21(16)7-3-5-19/h9-12H,2-8,20H2,1H3/i19-1. The van der Waals surface area contributed by atoms with Crippen molar-refractivity contribution in [1.29, 1.82) is 0 Å². The summed E-state index contributed by atoms with van der Waals surface area (Å²) in [5.41, 5.74) is 9.40. The topological polar surface area (TPSA) is 59.5 Å². The fourth-order valence-corrected chi connectivity index (χ4v) is 3.38. The molecule has 4 nitrogen and oxygen atoms in total. The summed E-state index contributed by atoms with van der Waals surface area (Å²) in [6, 6.07) is 5.58. The van der Waals surface area contributed by atoms with Crippen molar-refractivity contribution in [2.75, 3.05) is 24.7 Å². The summed E-state index contributed by atoms with van der Waals surface area (Å²) >= 11 is 0. The van der Waals surface area contributed by atoms with Gasteiger partial charge in [0, 0.05) is 42.3 Å². The lowest BCUT2D eigenvalue weighted by Gasteiger charge is -2.31. The molecule has 0 saturated carbocycles. The van der Waals surface area contributed by atoms with Gasteiger partial charge in [-0.1, -0.05) is 0 Å². The molecule has 0 amide bonds. The van der Waals surface area contributed by atoms with Crippen molar-refractivity contribution in [3.8, 4) is 0 Å². The van der Waals surface area contributed by atoms with E-state index in [-0.39, 0.29) is 18.3 Å². The van der Waals surface area contributed by atoms with Crippen molar-refractivity contribution in [3.05, 3.63) is 39.7 Å². The van der Waals surface area contributed by atoms with Gasteiger partial charge in [-0.05, 0) is 49.8 Å². The highest BCUT2D eigenvalue weighted by molar-refractivity contribution is 5.86. The van der Waals surface area contributed by atoms with Crippen LogP contribution in [-0.4, -0.2) is 25.8 Å². The minimum atomic E-state index is -0.348. The zero-order valence-electron chi connectivity index (χ0n) is 13.5. The molecule has 0 fully saturated rings. The second kappa shape index (κ2) is 6.71. The average molecular weight is 317 g/mol. The van der Waals surface area contributed by atoms with Crippen molar-refractivity contribution in [1.82, 2.24) is 0 Å². The SMILES string of the molecule is CC(N)Cc1cc(=O)oc2cc3c(cc12)CCCN3CCC[18F]. The van der Waals surface area contributed by atoms with Gasteiger partial charge >= 0.3 is 5.63 Å². The summed E-state index contributed by atoms with van der Waals surface area (Å²) in [5, 5.41) is 0.966. The van der Waals surface area contributed by atoms with Crippen molar-refractivity contribution >= 4 is 16.7 Å². The number of alkyl halides is 1. The first-order chi connectivity index (χ1) is 11.1. The molecule has 124 valence electrons. The lowest BCUT2D eigenvalue weighted by Crippen LogP contribution is -2.30. The van der Waals surface area contributed by atoms with Gasteiger partial charge in [-0.25, -0.2) is 4.79 Å². The molecule has 0 aliphatic carbocycles. The van der Waals surface area contributed by atoms with Crippen molar-refractivity contribution in [3.63, 3.8) is 0 Å². The van der Waals surface area contributed by atoms with Crippen molar-refractivity contribution < 1.29 is 8.81 Å². The monoisotopic (exact) mass is 317 g/mol. The molecule has 3 rings (SSSR count). The fraction of sp³-hybridized carbons (Fsp3) is 0.500. The second-order valence-electron chi connectivity index (χ2n) is 6.38. The number of halogens is 1. The maximum absolute atomic E-state index is 12.5. The number of benzene rings is 1. The van der Waals surface area contributed by atoms with Gasteiger partial charge in [0.05, 0.1) is 6.67 Å². The average Bonchev–Trinajstić information content (AvgIpc) is 2.50. The van der Waals surface area contributed by atoms with E-state index in [1.54, 1.807) is 6.07 Å². The van der Waals surface area contributed by atoms with Crippen LogP contribution < -0.4 is 16.3 Å². The molecule has 1 aliphatic heterocycles. The van der Waals surface area contributed by atoms with Crippen molar-refractivity contribution in [2.45, 2.75) is 38.6 Å². The Bertz CT molecular complexity index is 755. The Morgan fingerprint density at radius 3 is 2.96 bits per heavy atom. The van der Waals surface area contributed by atoms with Crippen molar-refractivity contribution in [2.24, 2.45) is 5.73 Å². The molecule has 1 aliphatic rings. The Hall–Kier alpha value is -1.88. The van der Waals surface area contributed by atoms with Gasteiger partial charge < -0.3 is 15.1 Å².